The Morgan fingerprint density at radius 2 is 1.85 bits per heavy atom. The maximum absolute atomic E-state index is 4.21. The summed E-state index contributed by atoms with van der Waals surface area (Å²) < 4.78 is 0. The molecule has 2 nitrogen and oxygen atoms in total. The fourth-order valence-electron chi connectivity index (χ4n) is 1.05. The number of pyridine rings is 2. The van der Waals surface area contributed by atoms with Crippen LogP contribution in [0.3, 0.4) is 0 Å². The molecule has 0 aliphatic rings. The van der Waals surface area contributed by atoms with E-state index >= 15 is 0 Å². The van der Waals surface area contributed by atoms with Crippen molar-refractivity contribution in [2.24, 2.45) is 0 Å². The molecule has 0 atom stereocenters. The Morgan fingerprint density at radius 1 is 0.923 bits per heavy atom. The normalized spacial score (nSPS) is 8.92. The van der Waals surface area contributed by atoms with E-state index in [0.717, 1.165) is 11.3 Å². The van der Waals surface area contributed by atoms with E-state index in [-0.39, 0.29) is 12.4 Å². The van der Waals surface area contributed by atoms with E-state index in [9.17, 15) is 0 Å². The third-order valence-corrected chi connectivity index (χ3v) is 1.62. The summed E-state index contributed by atoms with van der Waals surface area (Å²) >= 11 is 0. The first-order valence-electron chi connectivity index (χ1n) is 3.78. The smallest absolute Gasteiger partial charge is 0.0717 e. The molecule has 13 heavy (non-hydrogen) atoms. The van der Waals surface area contributed by atoms with Crippen LogP contribution in [0.25, 0.3) is 11.3 Å². The Hall–Kier alpha value is -1.41. The number of halogens is 1. The maximum Gasteiger partial charge on any atom is 0.0717 e. The highest BCUT2D eigenvalue weighted by Crippen LogP contribution is 2.12. The topological polar surface area (TPSA) is 25.8 Å². The number of hydrogen-bond acceptors (Lipinski definition) is 2. The predicted octanol–water partition coefficient (Wildman–Crippen LogP) is 2.57. The summed E-state index contributed by atoms with van der Waals surface area (Å²) in [5.41, 5.74) is 2.02. The van der Waals surface area contributed by atoms with Crippen molar-refractivity contribution in [1.82, 2.24) is 9.97 Å². The van der Waals surface area contributed by atoms with E-state index in [2.05, 4.69) is 9.97 Å². The minimum Gasteiger partial charge on any atom is -0.264 e. The molecule has 0 saturated carbocycles. The maximum atomic E-state index is 4.21. The van der Waals surface area contributed by atoms with Crippen molar-refractivity contribution in [3.05, 3.63) is 48.9 Å². The van der Waals surface area contributed by atoms with Crippen LogP contribution in [-0.4, -0.2) is 9.97 Å². The highest BCUT2D eigenvalue weighted by Gasteiger charge is 1.94. The van der Waals surface area contributed by atoms with Gasteiger partial charge in [0.25, 0.3) is 0 Å². The van der Waals surface area contributed by atoms with Crippen LogP contribution >= 0.6 is 12.4 Å². The van der Waals surface area contributed by atoms with Crippen molar-refractivity contribution < 1.29 is 0 Å². The fourth-order valence-corrected chi connectivity index (χ4v) is 1.05. The summed E-state index contributed by atoms with van der Waals surface area (Å²) in [5.74, 6) is 0. The molecular formula is C10H9ClN2. The van der Waals surface area contributed by atoms with Crippen molar-refractivity contribution in [3.8, 4) is 11.3 Å². The molecule has 66 valence electrons. The van der Waals surface area contributed by atoms with Gasteiger partial charge in [-0.25, -0.2) is 0 Å². The van der Waals surface area contributed by atoms with Crippen LogP contribution < -0.4 is 0 Å². The first-order valence-corrected chi connectivity index (χ1v) is 3.78. The first-order chi connectivity index (χ1) is 5.97. The largest absolute Gasteiger partial charge is 0.264 e. The number of nitrogens with zero attached hydrogens (tertiary/aromatic N) is 2. The molecule has 0 amide bonds. The van der Waals surface area contributed by atoms with Gasteiger partial charge >= 0.3 is 0 Å². The molecule has 0 N–H and O–H groups in total. The molecule has 0 aliphatic heterocycles. The van der Waals surface area contributed by atoms with E-state index in [1.165, 1.54) is 0 Å². The zero-order valence-electron chi connectivity index (χ0n) is 6.92. The van der Waals surface area contributed by atoms with E-state index in [1.807, 2.05) is 36.5 Å². The van der Waals surface area contributed by atoms with Gasteiger partial charge in [-0.1, -0.05) is 6.07 Å². The van der Waals surface area contributed by atoms with Crippen LogP contribution in [0.2, 0.25) is 0 Å². The third kappa shape index (κ3) is 2.26. The van der Waals surface area contributed by atoms with Crippen LogP contribution in [0.1, 0.15) is 0 Å². The highest BCUT2D eigenvalue weighted by molar-refractivity contribution is 5.85. The minimum atomic E-state index is 0. The molecule has 0 saturated heterocycles. The minimum absolute atomic E-state index is 0. The van der Waals surface area contributed by atoms with Gasteiger partial charge in [0, 0.05) is 24.2 Å². The van der Waals surface area contributed by atoms with Crippen molar-refractivity contribution in [2.45, 2.75) is 0 Å². The van der Waals surface area contributed by atoms with Crippen LogP contribution in [-0.2, 0) is 0 Å². The quantitative estimate of drug-likeness (QED) is 0.694. The summed E-state index contributed by atoms with van der Waals surface area (Å²) in [6.07, 6.45) is 5.34. The third-order valence-electron chi connectivity index (χ3n) is 1.62. The van der Waals surface area contributed by atoms with Gasteiger partial charge in [-0.3, -0.25) is 9.97 Å². The average molecular weight is 193 g/mol. The van der Waals surface area contributed by atoms with Gasteiger partial charge in [0.2, 0.25) is 0 Å². The Bertz CT molecular complexity index is 310. The van der Waals surface area contributed by atoms with Gasteiger partial charge in [0.15, 0.2) is 0 Å². The zero-order chi connectivity index (χ0) is 8.23. The number of rotatable bonds is 1. The fraction of sp³-hybridized carbons (Fsp3) is 0. The lowest BCUT2D eigenvalue weighted by molar-refractivity contribution is 1.28. The standard InChI is InChI=1S/C10H8N2.ClH/c1-2-7-12-10(5-1)9-4-3-6-11-8-9;/h1-8H;1H. The Labute approximate surface area is 83.1 Å². The Morgan fingerprint density at radius 3 is 2.46 bits per heavy atom. The molecule has 0 aliphatic carbocycles. The van der Waals surface area contributed by atoms with Crippen molar-refractivity contribution in [3.63, 3.8) is 0 Å². The lowest BCUT2D eigenvalue weighted by atomic mass is 10.2. The second-order valence-corrected chi connectivity index (χ2v) is 2.46. The molecule has 2 aromatic rings. The first kappa shape index (κ1) is 9.68. The lowest BCUT2D eigenvalue weighted by Crippen LogP contribution is -1.81. The molecule has 0 unspecified atom stereocenters. The SMILES string of the molecule is Cl.c1ccc(-c2cccnc2)nc1. The lowest BCUT2D eigenvalue weighted by Gasteiger charge is -1.96. The molecule has 0 aromatic carbocycles. The van der Waals surface area contributed by atoms with Crippen LogP contribution in [0.5, 0.6) is 0 Å². The summed E-state index contributed by atoms with van der Waals surface area (Å²) in [4.78, 5) is 8.23. The second-order valence-electron chi connectivity index (χ2n) is 2.46. The molecule has 0 spiro atoms. The van der Waals surface area contributed by atoms with Gasteiger partial charge in [0.1, 0.15) is 0 Å². The number of aromatic nitrogens is 2. The molecule has 2 aromatic heterocycles. The second kappa shape index (κ2) is 4.58. The molecule has 0 radical (unpaired) electrons. The van der Waals surface area contributed by atoms with Gasteiger partial charge in [0.05, 0.1) is 5.69 Å². The zero-order valence-corrected chi connectivity index (χ0v) is 7.74. The molecule has 2 heterocycles. The molecule has 3 heteroatoms. The molecule has 0 fully saturated rings. The molecule has 2 rings (SSSR count). The van der Waals surface area contributed by atoms with E-state index < -0.39 is 0 Å². The Balaban J connectivity index is 0.000000845. The van der Waals surface area contributed by atoms with Crippen molar-refractivity contribution in [1.29, 1.82) is 0 Å². The van der Waals surface area contributed by atoms with E-state index in [1.54, 1.807) is 12.4 Å². The molecular weight excluding hydrogens is 184 g/mol. The highest BCUT2D eigenvalue weighted by atomic mass is 35.5. The van der Waals surface area contributed by atoms with Crippen LogP contribution in [0.15, 0.2) is 48.9 Å². The number of hydrogen-bond donors (Lipinski definition) is 0. The van der Waals surface area contributed by atoms with Crippen LogP contribution in [0, 0.1) is 0 Å². The molecule has 0 bridgehead atoms. The van der Waals surface area contributed by atoms with Crippen molar-refractivity contribution in [2.75, 3.05) is 0 Å². The van der Waals surface area contributed by atoms with E-state index in [4.69, 9.17) is 0 Å². The average Bonchev–Trinajstić information content (AvgIpc) is 2.21. The summed E-state index contributed by atoms with van der Waals surface area (Å²) in [6.45, 7) is 0. The predicted molar refractivity (Wildman–Crippen MR) is 54.7 cm³/mol. The summed E-state index contributed by atoms with van der Waals surface area (Å²) in [5, 5.41) is 0. The van der Waals surface area contributed by atoms with Gasteiger partial charge in [-0.15, -0.1) is 12.4 Å². The van der Waals surface area contributed by atoms with Gasteiger partial charge in [-0.05, 0) is 24.3 Å². The Kier molecular flexibility index (Phi) is 3.41. The summed E-state index contributed by atoms with van der Waals surface area (Å²) in [6, 6.07) is 9.74. The van der Waals surface area contributed by atoms with E-state index in [0.29, 0.717) is 0 Å². The van der Waals surface area contributed by atoms with Crippen molar-refractivity contribution >= 4 is 12.4 Å². The van der Waals surface area contributed by atoms with Gasteiger partial charge < -0.3 is 0 Å². The monoisotopic (exact) mass is 192 g/mol. The van der Waals surface area contributed by atoms with Gasteiger partial charge in [-0.2, -0.15) is 0 Å². The summed E-state index contributed by atoms with van der Waals surface area (Å²) in [7, 11) is 0. The van der Waals surface area contributed by atoms with Crippen LogP contribution in [0.4, 0.5) is 0 Å².